The second-order valence-electron chi connectivity index (χ2n) is 5.41. The molecule has 1 aliphatic heterocycles. The Morgan fingerprint density at radius 1 is 1.04 bits per heavy atom. The summed E-state index contributed by atoms with van der Waals surface area (Å²) in [5.41, 5.74) is 0.152. The van der Waals surface area contributed by atoms with Gasteiger partial charge in [-0.3, -0.25) is 4.57 Å². The molecule has 3 rings (SSSR count). The Hall–Kier alpha value is -1.62. The van der Waals surface area contributed by atoms with E-state index in [1.165, 1.54) is 24.3 Å². The van der Waals surface area contributed by atoms with Gasteiger partial charge in [0, 0.05) is 11.7 Å². The number of alkyl halides is 3. The first-order chi connectivity index (χ1) is 10.8. The quantitative estimate of drug-likeness (QED) is 0.845. The lowest BCUT2D eigenvalue weighted by Crippen LogP contribution is -2.31. The normalized spacial score (nSPS) is 31.2. The van der Waals surface area contributed by atoms with Crippen LogP contribution in [0.3, 0.4) is 0 Å². The lowest BCUT2D eigenvalue weighted by atomic mass is 10.0. The van der Waals surface area contributed by atoms with Crippen LogP contribution < -0.4 is 5.30 Å². The van der Waals surface area contributed by atoms with Gasteiger partial charge in [-0.25, -0.2) is 0 Å². The number of halogens is 3. The maximum atomic E-state index is 13.4. The average molecular weight is 342 g/mol. The summed E-state index contributed by atoms with van der Waals surface area (Å²) < 4.78 is 57.7. The number of hydrogen-bond acceptors (Lipinski definition) is 3. The van der Waals surface area contributed by atoms with Gasteiger partial charge in [0.15, 0.2) is 11.4 Å². The highest BCUT2D eigenvalue weighted by Gasteiger charge is 2.64. The highest BCUT2D eigenvalue weighted by atomic mass is 31.2. The lowest BCUT2D eigenvalue weighted by Gasteiger charge is -2.28. The summed E-state index contributed by atoms with van der Waals surface area (Å²) in [6.45, 7) is 0. The van der Waals surface area contributed by atoms with Crippen molar-refractivity contribution in [3.8, 4) is 0 Å². The van der Waals surface area contributed by atoms with E-state index in [1.807, 2.05) is 0 Å². The van der Waals surface area contributed by atoms with Crippen LogP contribution in [-0.2, 0) is 14.4 Å². The molecule has 0 radical (unpaired) electrons. The fraction of sp³-hybridized carbons (Fsp3) is 0.250. The molecule has 0 amide bonds. The van der Waals surface area contributed by atoms with Gasteiger partial charge in [0.25, 0.3) is 7.37 Å². The van der Waals surface area contributed by atoms with Gasteiger partial charge < -0.3 is 9.63 Å². The minimum absolute atomic E-state index is 0.0677. The van der Waals surface area contributed by atoms with Crippen molar-refractivity contribution < 1.29 is 27.4 Å². The SMILES string of the molecule is O=P1(c2ccccc2)OC(C(F)(F)F)CC1(O)c1ccccc1. The lowest BCUT2D eigenvalue weighted by molar-refractivity contribution is -0.193. The zero-order valence-electron chi connectivity index (χ0n) is 11.9. The van der Waals surface area contributed by atoms with E-state index < -0.39 is 31.4 Å². The third kappa shape index (κ3) is 2.61. The summed E-state index contributed by atoms with van der Waals surface area (Å²) in [7, 11) is -4.18. The molecule has 122 valence electrons. The van der Waals surface area contributed by atoms with Gasteiger partial charge in [0.1, 0.15) is 0 Å². The van der Waals surface area contributed by atoms with Crippen LogP contribution in [0.2, 0.25) is 0 Å². The van der Waals surface area contributed by atoms with Crippen molar-refractivity contribution in [2.75, 3.05) is 0 Å². The second kappa shape index (κ2) is 5.48. The average Bonchev–Trinajstić information content (AvgIpc) is 2.83. The number of aliphatic hydroxyl groups is 1. The molecule has 1 N–H and O–H groups in total. The molecule has 0 aromatic heterocycles. The van der Waals surface area contributed by atoms with Crippen LogP contribution in [0.1, 0.15) is 12.0 Å². The van der Waals surface area contributed by atoms with Crippen LogP contribution in [0, 0.1) is 0 Å². The zero-order valence-corrected chi connectivity index (χ0v) is 12.8. The summed E-state index contributed by atoms with van der Waals surface area (Å²) in [4.78, 5) is 0. The van der Waals surface area contributed by atoms with Crippen LogP contribution in [0.4, 0.5) is 13.2 Å². The van der Waals surface area contributed by atoms with Gasteiger partial charge >= 0.3 is 6.18 Å². The molecule has 3 unspecified atom stereocenters. The largest absolute Gasteiger partial charge is 0.415 e. The van der Waals surface area contributed by atoms with Crippen molar-refractivity contribution in [1.29, 1.82) is 0 Å². The standard InChI is InChI=1S/C16H14F3O3P/c17-16(18,19)14-11-15(20,12-7-3-1-4-8-12)23(21,22-14)13-9-5-2-6-10-13/h1-10,14,20H,11H2. The predicted octanol–water partition coefficient (Wildman–Crippen LogP) is 3.79. The zero-order chi connectivity index (χ0) is 16.7. The van der Waals surface area contributed by atoms with Crippen LogP contribution in [-0.4, -0.2) is 17.4 Å². The van der Waals surface area contributed by atoms with Crippen LogP contribution in [0.15, 0.2) is 60.7 Å². The molecule has 1 heterocycles. The van der Waals surface area contributed by atoms with Crippen molar-refractivity contribution >= 4 is 12.7 Å². The van der Waals surface area contributed by atoms with Crippen molar-refractivity contribution in [2.45, 2.75) is 24.0 Å². The van der Waals surface area contributed by atoms with E-state index in [2.05, 4.69) is 0 Å². The molecule has 2 aromatic carbocycles. The molecule has 1 fully saturated rings. The Balaban J connectivity index is 2.17. The van der Waals surface area contributed by atoms with E-state index in [1.54, 1.807) is 36.4 Å². The Labute approximate surface area is 131 Å². The Bertz CT molecular complexity index is 733. The van der Waals surface area contributed by atoms with E-state index in [4.69, 9.17) is 4.52 Å². The van der Waals surface area contributed by atoms with Gasteiger partial charge in [0.05, 0.1) is 0 Å². The molecule has 1 aliphatic rings. The van der Waals surface area contributed by atoms with Gasteiger partial charge in [-0.15, -0.1) is 0 Å². The van der Waals surface area contributed by atoms with Crippen molar-refractivity contribution in [1.82, 2.24) is 0 Å². The molecular formula is C16H14F3O3P. The number of benzene rings is 2. The summed E-state index contributed by atoms with van der Waals surface area (Å²) in [6, 6.07) is 15.3. The fourth-order valence-corrected chi connectivity index (χ4v) is 5.48. The smallest absolute Gasteiger partial charge is 0.375 e. The highest BCUT2D eigenvalue weighted by Crippen LogP contribution is 2.70. The molecule has 7 heteroatoms. The third-order valence-corrected chi connectivity index (χ3v) is 6.87. The van der Waals surface area contributed by atoms with Crippen LogP contribution in [0.25, 0.3) is 0 Å². The second-order valence-corrected chi connectivity index (χ2v) is 7.98. The van der Waals surface area contributed by atoms with Crippen molar-refractivity contribution in [2.24, 2.45) is 0 Å². The molecule has 2 aromatic rings. The minimum Gasteiger partial charge on any atom is -0.375 e. The molecule has 0 spiro atoms. The molecule has 3 nitrogen and oxygen atoms in total. The number of rotatable bonds is 2. The highest BCUT2D eigenvalue weighted by molar-refractivity contribution is 7.68. The fourth-order valence-electron chi connectivity index (χ4n) is 2.75. The monoisotopic (exact) mass is 342 g/mol. The third-order valence-electron chi connectivity index (χ3n) is 3.93. The van der Waals surface area contributed by atoms with Crippen molar-refractivity contribution in [3.05, 3.63) is 66.2 Å². The Morgan fingerprint density at radius 2 is 1.57 bits per heavy atom. The van der Waals surface area contributed by atoms with E-state index in [9.17, 15) is 22.8 Å². The molecule has 3 atom stereocenters. The van der Waals surface area contributed by atoms with Gasteiger partial charge in [-0.1, -0.05) is 48.5 Å². The molecule has 0 aliphatic carbocycles. The first-order valence-corrected chi connectivity index (χ1v) is 8.59. The molecule has 0 saturated carbocycles. The first kappa shape index (κ1) is 16.2. The van der Waals surface area contributed by atoms with E-state index in [0.717, 1.165) is 0 Å². The predicted molar refractivity (Wildman–Crippen MR) is 79.6 cm³/mol. The summed E-state index contributed by atoms with van der Waals surface area (Å²) in [5, 5.41) is 8.84. The maximum absolute atomic E-state index is 13.4. The first-order valence-electron chi connectivity index (χ1n) is 6.96. The molecule has 1 saturated heterocycles. The molecule has 23 heavy (non-hydrogen) atoms. The Morgan fingerprint density at radius 3 is 2.09 bits per heavy atom. The van der Waals surface area contributed by atoms with Crippen LogP contribution in [0.5, 0.6) is 0 Å². The van der Waals surface area contributed by atoms with Crippen LogP contribution >= 0.6 is 7.37 Å². The summed E-state index contributed by atoms with van der Waals surface area (Å²) >= 11 is 0. The van der Waals surface area contributed by atoms with E-state index in [0.29, 0.717) is 0 Å². The minimum atomic E-state index is -4.70. The van der Waals surface area contributed by atoms with E-state index >= 15 is 0 Å². The van der Waals surface area contributed by atoms with Crippen molar-refractivity contribution in [3.63, 3.8) is 0 Å². The topological polar surface area (TPSA) is 46.5 Å². The van der Waals surface area contributed by atoms with Gasteiger partial charge in [-0.05, 0) is 17.7 Å². The van der Waals surface area contributed by atoms with Gasteiger partial charge in [0.2, 0.25) is 0 Å². The van der Waals surface area contributed by atoms with E-state index in [-0.39, 0.29) is 10.9 Å². The summed E-state index contributed by atoms with van der Waals surface area (Å²) in [6.07, 6.45) is -7.78. The summed E-state index contributed by atoms with van der Waals surface area (Å²) in [5.74, 6) is 0. The Kier molecular flexibility index (Phi) is 3.87. The maximum Gasteiger partial charge on any atom is 0.415 e. The number of hydrogen-bond donors (Lipinski definition) is 1. The molecular weight excluding hydrogens is 328 g/mol. The molecule has 0 bridgehead atoms. The van der Waals surface area contributed by atoms with Gasteiger partial charge in [-0.2, -0.15) is 13.2 Å².